The fraction of sp³-hybridized carbons (Fsp3) is 0.571. The van der Waals surface area contributed by atoms with Gasteiger partial charge in [0.1, 0.15) is 0 Å². The molecule has 1 aliphatic heterocycles. The normalized spacial score (nSPS) is 33.4. The third-order valence-electron chi connectivity index (χ3n) is 3.78. The average molecular weight is 203 g/mol. The fourth-order valence-corrected chi connectivity index (χ4v) is 2.44. The van der Waals surface area contributed by atoms with E-state index in [-0.39, 0.29) is 0 Å². The van der Waals surface area contributed by atoms with Crippen LogP contribution < -0.4 is 0 Å². The Hall–Kier alpha value is -0.980. The summed E-state index contributed by atoms with van der Waals surface area (Å²) in [6, 6.07) is 0.654. The lowest BCUT2D eigenvalue weighted by atomic mass is 9.87. The van der Waals surface area contributed by atoms with E-state index in [1.807, 2.05) is 0 Å². The second-order valence-corrected chi connectivity index (χ2v) is 4.83. The Morgan fingerprint density at radius 2 is 1.80 bits per heavy atom. The predicted octanol–water partition coefficient (Wildman–Crippen LogP) is 3.51. The maximum absolute atomic E-state index is 2.43. The van der Waals surface area contributed by atoms with Gasteiger partial charge in [-0.1, -0.05) is 25.2 Å². The van der Waals surface area contributed by atoms with Crippen LogP contribution in [0.5, 0.6) is 0 Å². The van der Waals surface area contributed by atoms with Crippen LogP contribution in [0.4, 0.5) is 0 Å². The smallest absolute Gasteiger partial charge is 0.0395 e. The largest absolute Gasteiger partial charge is 0.371 e. The molecule has 1 aliphatic carbocycles. The monoisotopic (exact) mass is 203 g/mol. The predicted molar refractivity (Wildman–Crippen MR) is 65.5 cm³/mol. The molecular weight excluding hydrogens is 182 g/mol. The Labute approximate surface area is 93.2 Å². The molecule has 15 heavy (non-hydrogen) atoms. The minimum Gasteiger partial charge on any atom is -0.371 e. The summed E-state index contributed by atoms with van der Waals surface area (Å²) in [4.78, 5) is 2.43. The summed E-state index contributed by atoms with van der Waals surface area (Å²) < 4.78 is 0. The van der Waals surface area contributed by atoms with Crippen molar-refractivity contribution in [1.29, 1.82) is 0 Å². The number of hydrogen-bond acceptors (Lipinski definition) is 1. The van der Waals surface area contributed by atoms with Crippen LogP contribution in [0, 0.1) is 5.92 Å². The minimum atomic E-state index is 0.654. The van der Waals surface area contributed by atoms with Gasteiger partial charge in [-0.05, 0) is 43.8 Å². The van der Waals surface area contributed by atoms with E-state index in [0.717, 1.165) is 5.92 Å². The molecule has 2 unspecified atom stereocenters. The Bertz CT molecular complexity index is 322. The number of rotatable bonds is 0. The lowest BCUT2D eigenvalue weighted by Gasteiger charge is -2.39. The molecule has 0 aromatic heterocycles. The second kappa shape index (κ2) is 4.26. The van der Waals surface area contributed by atoms with Gasteiger partial charge in [0, 0.05) is 18.8 Å². The molecule has 0 aromatic rings. The van der Waals surface area contributed by atoms with E-state index >= 15 is 0 Å². The van der Waals surface area contributed by atoms with E-state index in [1.165, 1.54) is 30.5 Å². The van der Waals surface area contributed by atoms with Gasteiger partial charge in [-0.25, -0.2) is 0 Å². The van der Waals surface area contributed by atoms with Gasteiger partial charge < -0.3 is 4.90 Å². The van der Waals surface area contributed by atoms with Crippen LogP contribution in [0.2, 0.25) is 0 Å². The van der Waals surface area contributed by atoms with E-state index < -0.39 is 0 Å². The molecule has 0 spiro atoms. The molecular formula is C14H21N. The number of nitrogens with zero attached hydrogens (tertiary/aromatic N) is 1. The Balaban J connectivity index is 2.37. The highest BCUT2D eigenvalue weighted by Gasteiger charge is 2.25. The summed E-state index contributed by atoms with van der Waals surface area (Å²) in [6.45, 7) is 4.67. The summed E-state index contributed by atoms with van der Waals surface area (Å²) >= 11 is 0. The van der Waals surface area contributed by atoms with Gasteiger partial charge in [0.25, 0.3) is 0 Å². The van der Waals surface area contributed by atoms with Gasteiger partial charge >= 0.3 is 0 Å². The maximum Gasteiger partial charge on any atom is 0.0395 e. The van der Waals surface area contributed by atoms with Crippen molar-refractivity contribution in [2.24, 2.45) is 5.92 Å². The molecule has 2 aliphatic rings. The lowest BCUT2D eigenvalue weighted by Crippen LogP contribution is -2.37. The summed E-state index contributed by atoms with van der Waals surface area (Å²) in [5, 5.41) is 0. The second-order valence-electron chi connectivity index (χ2n) is 4.83. The third-order valence-corrected chi connectivity index (χ3v) is 3.78. The first-order valence-corrected chi connectivity index (χ1v) is 5.99. The number of hydrogen-bond donors (Lipinski definition) is 0. The molecule has 2 rings (SSSR count). The summed E-state index contributed by atoms with van der Waals surface area (Å²) in [7, 11) is 2.22. The zero-order valence-corrected chi connectivity index (χ0v) is 10.0. The summed E-state index contributed by atoms with van der Waals surface area (Å²) in [5.74, 6) is 0.756. The number of allylic oxidation sites excluding steroid dienone is 5. The Kier molecular flexibility index (Phi) is 2.99. The average Bonchev–Trinajstić information content (AvgIpc) is 2.18. The topological polar surface area (TPSA) is 3.24 Å². The molecule has 1 nitrogen and oxygen atoms in total. The Morgan fingerprint density at radius 1 is 1.13 bits per heavy atom. The van der Waals surface area contributed by atoms with Crippen LogP contribution in [0.15, 0.2) is 35.6 Å². The van der Waals surface area contributed by atoms with Crippen LogP contribution in [-0.4, -0.2) is 18.0 Å². The van der Waals surface area contributed by atoms with Gasteiger partial charge in [0.2, 0.25) is 0 Å². The highest BCUT2D eigenvalue weighted by atomic mass is 15.1. The van der Waals surface area contributed by atoms with E-state index in [2.05, 4.69) is 50.1 Å². The minimum absolute atomic E-state index is 0.654. The van der Waals surface area contributed by atoms with E-state index in [9.17, 15) is 0 Å². The molecule has 0 saturated carbocycles. The highest BCUT2D eigenvalue weighted by Crippen LogP contribution is 2.32. The van der Waals surface area contributed by atoms with E-state index in [1.54, 1.807) is 0 Å². The van der Waals surface area contributed by atoms with Crippen LogP contribution in [-0.2, 0) is 0 Å². The molecule has 0 saturated heterocycles. The van der Waals surface area contributed by atoms with Gasteiger partial charge in [-0.15, -0.1) is 0 Å². The highest BCUT2D eigenvalue weighted by molar-refractivity contribution is 5.36. The fourth-order valence-electron chi connectivity index (χ4n) is 2.44. The van der Waals surface area contributed by atoms with Crippen molar-refractivity contribution in [2.45, 2.75) is 39.2 Å². The van der Waals surface area contributed by atoms with Gasteiger partial charge in [-0.2, -0.15) is 0 Å². The molecule has 0 radical (unpaired) electrons. The van der Waals surface area contributed by atoms with E-state index in [4.69, 9.17) is 0 Å². The maximum atomic E-state index is 2.43. The SMILES string of the molecule is CC1CC2=C(/C=C\CCC=C2)N(C)C1C. The molecule has 0 fully saturated rings. The van der Waals surface area contributed by atoms with Gasteiger partial charge in [0.05, 0.1) is 0 Å². The first-order chi connectivity index (χ1) is 7.20. The standard InChI is InChI=1S/C14H21N/c1-11-10-13-8-6-4-5-7-9-14(13)15(3)12(11)2/h6-9,11-12H,4-5,10H2,1-3H3/b8-6?,9-7-. The van der Waals surface area contributed by atoms with Crippen molar-refractivity contribution in [1.82, 2.24) is 4.90 Å². The van der Waals surface area contributed by atoms with Crippen molar-refractivity contribution < 1.29 is 0 Å². The van der Waals surface area contributed by atoms with Crippen molar-refractivity contribution in [3.8, 4) is 0 Å². The first kappa shape index (κ1) is 10.5. The zero-order valence-electron chi connectivity index (χ0n) is 10.0. The van der Waals surface area contributed by atoms with Crippen LogP contribution in [0.3, 0.4) is 0 Å². The third kappa shape index (κ3) is 2.01. The molecule has 1 heteroatoms. The van der Waals surface area contributed by atoms with Gasteiger partial charge in [-0.3, -0.25) is 0 Å². The zero-order chi connectivity index (χ0) is 10.8. The lowest BCUT2D eigenvalue weighted by molar-refractivity contribution is 0.229. The van der Waals surface area contributed by atoms with Crippen molar-refractivity contribution in [3.63, 3.8) is 0 Å². The molecule has 2 atom stereocenters. The van der Waals surface area contributed by atoms with E-state index in [0.29, 0.717) is 6.04 Å². The molecule has 0 aromatic carbocycles. The van der Waals surface area contributed by atoms with Crippen LogP contribution >= 0.6 is 0 Å². The molecule has 0 bridgehead atoms. The molecule has 0 amide bonds. The van der Waals surface area contributed by atoms with Crippen LogP contribution in [0.25, 0.3) is 0 Å². The van der Waals surface area contributed by atoms with Gasteiger partial charge in [0.15, 0.2) is 0 Å². The molecule has 82 valence electrons. The number of likely N-dealkylation sites (N-methyl/N-ethyl adjacent to an activating group) is 1. The summed E-state index contributed by atoms with van der Waals surface area (Å²) in [5.41, 5.74) is 2.94. The summed E-state index contributed by atoms with van der Waals surface area (Å²) in [6.07, 6.45) is 12.8. The van der Waals surface area contributed by atoms with Crippen molar-refractivity contribution >= 4 is 0 Å². The Morgan fingerprint density at radius 3 is 2.53 bits per heavy atom. The quantitative estimate of drug-likeness (QED) is 0.582. The molecule has 0 N–H and O–H groups in total. The van der Waals surface area contributed by atoms with Crippen LogP contribution in [0.1, 0.15) is 33.1 Å². The van der Waals surface area contributed by atoms with Crippen molar-refractivity contribution in [2.75, 3.05) is 7.05 Å². The first-order valence-electron chi connectivity index (χ1n) is 5.99. The molecule has 1 heterocycles. The van der Waals surface area contributed by atoms with Crippen molar-refractivity contribution in [3.05, 3.63) is 35.6 Å².